The number of hydrogen-bond acceptors (Lipinski definition) is 4. The molecule has 0 aliphatic heterocycles. The van der Waals surface area contributed by atoms with Crippen LogP contribution in [0.2, 0.25) is 0 Å². The molecular weight excluding hydrogens is 248 g/mol. The van der Waals surface area contributed by atoms with Crippen molar-refractivity contribution in [3.63, 3.8) is 0 Å². The summed E-state index contributed by atoms with van der Waals surface area (Å²) in [6.45, 7) is 6.36. The molecule has 1 rings (SSSR count). The summed E-state index contributed by atoms with van der Waals surface area (Å²) < 4.78 is 24.2. The van der Waals surface area contributed by atoms with E-state index in [2.05, 4.69) is 10.6 Å². The molecule has 5 heteroatoms. The molecule has 0 radical (unpaired) electrons. The van der Waals surface area contributed by atoms with Gasteiger partial charge >= 0.3 is 0 Å². The van der Waals surface area contributed by atoms with Gasteiger partial charge in [-0.1, -0.05) is 26.0 Å². The predicted octanol–water partition coefficient (Wildman–Crippen LogP) is 1.89. The summed E-state index contributed by atoms with van der Waals surface area (Å²) in [6.07, 6.45) is 0.633. The van der Waals surface area contributed by atoms with E-state index in [-0.39, 0.29) is 5.75 Å². The molecule has 1 aromatic carbocycles. The Morgan fingerprint density at radius 3 is 2.50 bits per heavy atom. The number of anilines is 1. The van der Waals surface area contributed by atoms with Crippen LogP contribution in [0.25, 0.3) is 0 Å². The number of hydrogen-bond donors (Lipinski definition) is 2. The van der Waals surface area contributed by atoms with Crippen LogP contribution in [0.1, 0.15) is 20.3 Å². The molecule has 0 aromatic heterocycles. The minimum Gasteiger partial charge on any atom is -0.383 e. The molecule has 0 atom stereocenters. The molecule has 0 saturated carbocycles. The molecule has 0 unspecified atom stereocenters. The molecule has 18 heavy (non-hydrogen) atoms. The molecule has 0 aliphatic rings. The zero-order chi connectivity index (χ0) is 13.4. The third-order valence-electron chi connectivity index (χ3n) is 2.56. The van der Waals surface area contributed by atoms with Gasteiger partial charge < -0.3 is 10.6 Å². The average molecular weight is 270 g/mol. The van der Waals surface area contributed by atoms with Crippen molar-refractivity contribution in [2.45, 2.75) is 25.2 Å². The first kappa shape index (κ1) is 15.0. The molecule has 4 nitrogen and oxygen atoms in total. The van der Waals surface area contributed by atoms with E-state index >= 15 is 0 Å². The average Bonchev–Trinajstić information content (AvgIpc) is 2.35. The largest absolute Gasteiger partial charge is 0.383 e. The van der Waals surface area contributed by atoms with E-state index < -0.39 is 9.84 Å². The molecule has 102 valence electrons. The van der Waals surface area contributed by atoms with Gasteiger partial charge in [0.1, 0.15) is 0 Å². The molecule has 0 saturated heterocycles. The molecular formula is C13H22N2O2S. The van der Waals surface area contributed by atoms with E-state index in [1.165, 1.54) is 0 Å². The zero-order valence-corrected chi connectivity index (χ0v) is 11.9. The summed E-state index contributed by atoms with van der Waals surface area (Å²) in [7, 11) is -3.17. The summed E-state index contributed by atoms with van der Waals surface area (Å²) in [6, 6.07) is 7.09. The molecule has 0 bridgehead atoms. The van der Waals surface area contributed by atoms with Gasteiger partial charge in [0.25, 0.3) is 0 Å². The standard InChI is InChI=1S/C13H22N2O2S/c1-3-11-18(16,17)13-8-6-5-7-12(13)15-10-9-14-4-2/h5-8,14-15H,3-4,9-11H2,1-2H3. The Morgan fingerprint density at radius 1 is 1.11 bits per heavy atom. The van der Waals surface area contributed by atoms with Crippen LogP contribution < -0.4 is 10.6 Å². The van der Waals surface area contributed by atoms with Crippen molar-refractivity contribution in [3.05, 3.63) is 24.3 Å². The van der Waals surface area contributed by atoms with E-state index in [1.54, 1.807) is 12.1 Å². The molecule has 1 aromatic rings. The van der Waals surface area contributed by atoms with Crippen LogP contribution in [0.3, 0.4) is 0 Å². The van der Waals surface area contributed by atoms with Crippen LogP contribution in [0, 0.1) is 0 Å². The predicted molar refractivity (Wildman–Crippen MR) is 75.8 cm³/mol. The second-order valence-corrected chi connectivity index (χ2v) is 6.17. The van der Waals surface area contributed by atoms with Crippen molar-refractivity contribution in [1.29, 1.82) is 0 Å². The summed E-state index contributed by atoms with van der Waals surface area (Å²) in [5.41, 5.74) is 0.698. The van der Waals surface area contributed by atoms with Gasteiger partial charge in [0.2, 0.25) is 0 Å². The van der Waals surface area contributed by atoms with Gasteiger partial charge in [-0.15, -0.1) is 0 Å². The summed E-state index contributed by atoms with van der Waals surface area (Å²) in [5, 5.41) is 6.36. The van der Waals surface area contributed by atoms with E-state index in [9.17, 15) is 8.42 Å². The second-order valence-electron chi connectivity index (χ2n) is 4.10. The van der Waals surface area contributed by atoms with Gasteiger partial charge in [-0.2, -0.15) is 0 Å². The highest BCUT2D eigenvalue weighted by Crippen LogP contribution is 2.22. The lowest BCUT2D eigenvalue weighted by molar-refractivity contribution is 0.595. The third-order valence-corrected chi connectivity index (χ3v) is 4.53. The topological polar surface area (TPSA) is 58.2 Å². The van der Waals surface area contributed by atoms with Crippen LogP contribution in [0.15, 0.2) is 29.2 Å². The van der Waals surface area contributed by atoms with Gasteiger partial charge in [0.05, 0.1) is 16.3 Å². The summed E-state index contributed by atoms with van der Waals surface area (Å²) >= 11 is 0. The number of likely N-dealkylation sites (N-methyl/N-ethyl adjacent to an activating group) is 1. The lowest BCUT2D eigenvalue weighted by Crippen LogP contribution is -2.22. The number of nitrogens with one attached hydrogen (secondary N) is 2. The monoisotopic (exact) mass is 270 g/mol. The van der Waals surface area contributed by atoms with Crippen molar-refractivity contribution in [1.82, 2.24) is 5.32 Å². The van der Waals surface area contributed by atoms with E-state index in [0.29, 0.717) is 23.5 Å². The molecule has 2 N–H and O–H groups in total. The van der Waals surface area contributed by atoms with Gasteiger partial charge in [0, 0.05) is 13.1 Å². The van der Waals surface area contributed by atoms with Crippen molar-refractivity contribution in [2.24, 2.45) is 0 Å². The second kappa shape index (κ2) is 7.38. The fourth-order valence-corrected chi connectivity index (χ4v) is 3.24. The number of benzene rings is 1. The maximum absolute atomic E-state index is 12.1. The molecule has 0 amide bonds. The van der Waals surface area contributed by atoms with E-state index in [1.807, 2.05) is 26.0 Å². The fraction of sp³-hybridized carbons (Fsp3) is 0.538. The Balaban J connectivity index is 2.80. The lowest BCUT2D eigenvalue weighted by Gasteiger charge is -2.12. The number of rotatable bonds is 8. The number of para-hydroxylation sites is 1. The van der Waals surface area contributed by atoms with Crippen molar-refractivity contribution < 1.29 is 8.42 Å². The van der Waals surface area contributed by atoms with Crippen molar-refractivity contribution in [2.75, 3.05) is 30.7 Å². The molecule has 0 fully saturated rings. The fourth-order valence-electron chi connectivity index (χ4n) is 1.72. The highest BCUT2D eigenvalue weighted by Gasteiger charge is 2.16. The Kier molecular flexibility index (Phi) is 6.15. The maximum Gasteiger partial charge on any atom is 0.180 e. The van der Waals surface area contributed by atoms with Crippen LogP contribution >= 0.6 is 0 Å². The Hall–Kier alpha value is -1.07. The first-order valence-electron chi connectivity index (χ1n) is 6.38. The smallest absolute Gasteiger partial charge is 0.180 e. The Morgan fingerprint density at radius 2 is 1.83 bits per heavy atom. The normalized spacial score (nSPS) is 11.4. The quantitative estimate of drug-likeness (QED) is 0.708. The van der Waals surface area contributed by atoms with E-state index in [4.69, 9.17) is 0 Å². The van der Waals surface area contributed by atoms with Gasteiger partial charge in [-0.05, 0) is 25.1 Å². The third kappa shape index (κ3) is 4.31. The number of sulfone groups is 1. The molecule has 0 aliphatic carbocycles. The van der Waals surface area contributed by atoms with Gasteiger partial charge in [-0.3, -0.25) is 0 Å². The highest BCUT2D eigenvalue weighted by atomic mass is 32.2. The van der Waals surface area contributed by atoms with Gasteiger partial charge in [-0.25, -0.2) is 8.42 Å². The summed E-state index contributed by atoms with van der Waals surface area (Å²) in [4.78, 5) is 0.406. The van der Waals surface area contributed by atoms with Crippen LogP contribution in [-0.4, -0.2) is 33.8 Å². The van der Waals surface area contributed by atoms with Crippen LogP contribution in [0.5, 0.6) is 0 Å². The van der Waals surface area contributed by atoms with Gasteiger partial charge in [0.15, 0.2) is 9.84 Å². The molecule has 0 spiro atoms. The minimum absolute atomic E-state index is 0.193. The lowest BCUT2D eigenvalue weighted by atomic mass is 10.3. The zero-order valence-electron chi connectivity index (χ0n) is 11.1. The van der Waals surface area contributed by atoms with Crippen LogP contribution in [0.4, 0.5) is 5.69 Å². The first-order valence-corrected chi connectivity index (χ1v) is 8.03. The van der Waals surface area contributed by atoms with Crippen molar-refractivity contribution >= 4 is 15.5 Å². The first-order chi connectivity index (χ1) is 8.61. The minimum atomic E-state index is -3.17. The SMILES string of the molecule is CCCS(=O)(=O)c1ccccc1NCCNCC. The molecule has 0 heterocycles. The Bertz CT molecular complexity index is 458. The van der Waals surface area contributed by atoms with Crippen molar-refractivity contribution in [3.8, 4) is 0 Å². The summed E-state index contributed by atoms with van der Waals surface area (Å²) in [5.74, 6) is 0.193. The van der Waals surface area contributed by atoms with E-state index in [0.717, 1.165) is 13.1 Å². The Labute approximate surface area is 110 Å². The van der Waals surface area contributed by atoms with Crippen LogP contribution in [-0.2, 0) is 9.84 Å². The maximum atomic E-state index is 12.1. The highest BCUT2D eigenvalue weighted by molar-refractivity contribution is 7.91.